The number of pyridine rings is 1. The van der Waals surface area contributed by atoms with Gasteiger partial charge < -0.3 is 10.8 Å². The van der Waals surface area contributed by atoms with E-state index in [4.69, 9.17) is 10.8 Å². The zero-order valence-electron chi connectivity index (χ0n) is 9.77. The Bertz CT molecular complexity index is 345. The van der Waals surface area contributed by atoms with Crippen LogP contribution in [0.4, 0.5) is 13.2 Å². The van der Waals surface area contributed by atoms with Gasteiger partial charge in [-0.05, 0) is 12.1 Å². The van der Waals surface area contributed by atoms with Crippen molar-refractivity contribution in [1.82, 2.24) is 9.88 Å². The first kappa shape index (κ1) is 14.9. The van der Waals surface area contributed by atoms with Crippen molar-refractivity contribution in [1.29, 1.82) is 0 Å². The van der Waals surface area contributed by atoms with Gasteiger partial charge >= 0.3 is 6.18 Å². The molecule has 0 spiro atoms. The fourth-order valence-corrected chi connectivity index (χ4v) is 1.73. The Kier molecular flexibility index (Phi) is 5.52. The molecule has 0 aliphatic rings. The van der Waals surface area contributed by atoms with E-state index in [-0.39, 0.29) is 19.7 Å². The molecule has 0 amide bonds. The van der Waals surface area contributed by atoms with Crippen LogP contribution in [0.5, 0.6) is 0 Å². The van der Waals surface area contributed by atoms with Crippen LogP contribution in [0.2, 0.25) is 0 Å². The van der Waals surface area contributed by atoms with E-state index in [0.29, 0.717) is 5.69 Å². The van der Waals surface area contributed by atoms with Gasteiger partial charge in [0.25, 0.3) is 0 Å². The van der Waals surface area contributed by atoms with Gasteiger partial charge in [0.15, 0.2) is 0 Å². The quantitative estimate of drug-likeness (QED) is 0.801. The third kappa shape index (κ3) is 4.59. The molecule has 3 N–H and O–H groups in total. The number of aromatic nitrogens is 1. The number of halogens is 3. The first-order chi connectivity index (χ1) is 8.48. The third-order valence-corrected chi connectivity index (χ3v) is 2.46. The van der Waals surface area contributed by atoms with Crippen LogP contribution in [-0.2, 0) is 0 Å². The van der Waals surface area contributed by atoms with E-state index < -0.39 is 18.8 Å². The third-order valence-electron chi connectivity index (χ3n) is 2.46. The summed E-state index contributed by atoms with van der Waals surface area (Å²) >= 11 is 0. The van der Waals surface area contributed by atoms with Crippen molar-refractivity contribution in [2.75, 3.05) is 26.2 Å². The second-order valence-corrected chi connectivity index (χ2v) is 3.82. The average molecular weight is 263 g/mol. The topological polar surface area (TPSA) is 62.4 Å². The normalized spacial score (nSPS) is 13.9. The Hall–Kier alpha value is -1.18. The van der Waals surface area contributed by atoms with Gasteiger partial charge in [0.05, 0.1) is 24.9 Å². The van der Waals surface area contributed by atoms with Crippen LogP contribution in [0.1, 0.15) is 11.7 Å². The highest BCUT2D eigenvalue weighted by Crippen LogP contribution is 2.23. The summed E-state index contributed by atoms with van der Waals surface area (Å²) in [5.74, 6) is 0. The van der Waals surface area contributed by atoms with E-state index in [1.54, 1.807) is 18.2 Å². The van der Waals surface area contributed by atoms with Crippen molar-refractivity contribution in [2.45, 2.75) is 12.2 Å². The van der Waals surface area contributed by atoms with Gasteiger partial charge in [0, 0.05) is 19.3 Å². The SMILES string of the molecule is NCC(c1ccccn1)N(CCO)CC(F)(F)F. The maximum Gasteiger partial charge on any atom is 0.401 e. The molecule has 1 aromatic heterocycles. The smallest absolute Gasteiger partial charge is 0.395 e. The maximum atomic E-state index is 12.5. The molecule has 0 aliphatic heterocycles. The molecule has 1 heterocycles. The molecule has 7 heteroatoms. The number of hydrogen-bond donors (Lipinski definition) is 2. The minimum atomic E-state index is -4.34. The molecular formula is C11H16F3N3O. The first-order valence-corrected chi connectivity index (χ1v) is 5.50. The number of nitrogens with zero attached hydrogens (tertiary/aromatic N) is 2. The molecule has 102 valence electrons. The largest absolute Gasteiger partial charge is 0.401 e. The molecule has 0 saturated heterocycles. The number of aliphatic hydroxyl groups is 1. The molecule has 0 fully saturated rings. The fraction of sp³-hybridized carbons (Fsp3) is 0.545. The molecule has 1 atom stereocenters. The van der Waals surface area contributed by atoms with Gasteiger partial charge in [0.2, 0.25) is 0 Å². The van der Waals surface area contributed by atoms with Crippen molar-refractivity contribution in [3.05, 3.63) is 30.1 Å². The summed E-state index contributed by atoms with van der Waals surface area (Å²) in [4.78, 5) is 5.10. The van der Waals surface area contributed by atoms with Crippen LogP contribution in [0.25, 0.3) is 0 Å². The summed E-state index contributed by atoms with van der Waals surface area (Å²) in [7, 11) is 0. The van der Waals surface area contributed by atoms with Crippen LogP contribution < -0.4 is 5.73 Å². The first-order valence-electron chi connectivity index (χ1n) is 5.50. The number of hydrogen-bond acceptors (Lipinski definition) is 4. The highest BCUT2D eigenvalue weighted by atomic mass is 19.4. The standard InChI is InChI=1S/C11H16F3N3O/c12-11(13,14)8-17(5-6-18)10(7-15)9-3-1-2-4-16-9/h1-4,10,18H,5-8,15H2. The minimum absolute atomic E-state index is 0.00704. The van der Waals surface area contributed by atoms with Crippen LogP contribution in [-0.4, -0.2) is 47.4 Å². The minimum Gasteiger partial charge on any atom is -0.395 e. The monoisotopic (exact) mass is 263 g/mol. The highest BCUT2D eigenvalue weighted by molar-refractivity contribution is 5.09. The summed E-state index contributed by atoms with van der Waals surface area (Å²) in [5, 5.41) is 8.85. The summed E-state index contributed by atoms with van der Waals surface area (Å²) in [5.41, 5.74) is 5.99. The highest BCUT2D eigenvalue weighted by Gasteiger charge is 2.34. The fourth-order valence-electron chi connectivity index (χ4n) is 1.73. The second kappa shape index (κ2) is 6.67. The Morgan fingerprint density at radius 1 is 1.39 bits per heavy atom. The lowest BCUT2D eigenvalue weighted by atomic mass is 10.1. The van der Waals surface area contributed by atoms with Crippen LogP contribution >= 0.6 is 0 Å². The zero-order valence-corrected chi connectivity index (χ0v) is 9.77. The molecule has 0 saturated carbocycles. The summed E-state index contributed by atoms with van der Waals surface area (Å²) < 4.78 is 37.4. The van der Waals surface area contributed by atoms with E-state index in [2.05, 4.69) is 4.98 Å². The van der Waals surface area contributed by atoms with E-state index in [1.165, 1.54) is 6.20 Å². The lowest BCUT2D eigenvalue weighted by Gasteiger charge is -2.30. The van der Waals surface area contributed by atoms with Gasteiger partial charge in [0.1, 0.15) is 0 Å². The van der Waals surface area contributed by atoms with Gasteiger partial charge in [-0.25, -0.2) is 0 Å². The lowest BCUT2D eigenvalue weighted by molar-refractivity contribution is -0.152. The molecule has 4 nitrogen and oxygen atoms in total. The zero-order chi connectivity index (χ0) is 13.6. The van der Waals surface area contributed by atoms with E-state index >= 15 is 0 Å². The average Bonchev–Trinajstić information content (AvgIpc) is 2.29. The van der Waals surface area contributed by atoms with Gasteiger partial charge in [-0.15, -0.1) is 0 Å². The van der Waals surface area contributed by atoms with Crippen molar-refractivity contribution in [3.8, 4) is 0 Å². The van der Waals surface area contributed by atoms with E-state index in [1.807, 2.05) is 0 Å². The summed E-state index contributed by atoms with van der Waals surface area (Å²) in [6.07, 6.45) is -2.83. The molecule has 0 radical (unpaired) electrons. The Morgan fingerprint density at radius 3 is 2.56 bits per heavy atom. The second-order valence-electron chi connectivity index (χ2n) is 3.82. The molecule has 1 unspecified atom stereocenters. The van der Waals surface area contributed by atoms with Gasteiger partial charge in [-0.1, -0.05) is 6.07 Å². The number of nitrogens with two attached hydrogens (primary N) is 1. The number of aliphatic hydroxyl groups excluding tert-OH is 1. The Balaban J connectivity index is 2.87. The molecule has 0 aliphatic carbocycles. The van der Waals surface area contributed by atoms with Crippen LogP contribution in [0, 0.1) is 0 Å². The van der Waals surface area contributed by atoms with Crippen molar-refractivity contribution in [3.63, 3.8) is 0 Å². The van der Waals surface area contributed by atoms with Crippen molar-refractivity contribution in [2.24, 2.45) is 5.73 Å². The Labute approximate surface area is 103 Å². The van der Waals surface area contributed by atoms with Gasteiger partial charge in [-0.2, -0.15) is 13.2 Å². The molecule has 1 rings (SSSR count). The predicted octanol–water partition coefficient (Wildman–Crippen LogP) is 0.938. The lowest BCUT2D eigenvalue weighted by Crippen LogP contribution is -2.42. The summed E-state index contributed by atoms with van der Waals surface area (Å²) in [6, 6.07) is 4.34. The van der Waals surface area contributed by atoms with E-state index in [0.717, 1.165) is 4.90 Å². The van der Waals surface area contributed by atoms with E-state index in [9.17, 15) is 13.2 Å². The van der Waals surface area contributed by atoms with Crippen LogP contribution in [0.15, 0.2) is 24.4 Å². The van der Waals surface area contributed by atoms with Gasteiger partial charge in [-0.3, -0.25) is 9.88 Å². The molecular weight excluding hydrogens is 247 g/mol. The van der Waals surface area contributed by atoms with Crippen molar-refractivity contribution >= 4 is 0 Å². The molecule has 0 bridgehead atoms. The number of rotatable bonds is 6. The molecule has 1 aromatic rings. The Morgan fingerprint density at radius 2 is 2.11 bits per heavy atom. The van der Waals surface area contributed by atoms with Crippen LogP contribution in [0.3, 0.4) is 0 Å². The number of alkyl halides is 3. The van der Waals surface area contributed by atoms with Crippen molar-refractivity contribution < 1.29 is 18.3 Å². The predicted molar refractivity (Wildman–Crippen MR) is 60.7 cm³/mol. The molecule has 18 heavy (non-hydrogen) atoms. The summed E-state index contributed by atoms with van der Waals surface area (Å²) in [6.45, 7) is -1.57. The molecule has 0 aromatic carbocycles. The maximum absolute atomic E-state index is 12.5.